The summed E-state index contributed by atoms with van der Waals surface area (Å²) in [4.78, 5) is 14.5. The zero-order valence-corrected chi connectivity index (χ0v) is 13.7. The highest BCUT2D eigenvalue weighted by Gasteiger charge is 2.33. The maximum Gasteiger partial charge on any atom is 0.224 e. The van der Waals surface area contributed by atoms with E-state index < -0.39 is 0 Å². The molecule has 0 aromatic carbocycles. The van der Waals surface area contributed by atoms with Crippen molar-refractivity contribution in [3.63, 3.8) is 0 Å². The van der Waals surface area contributed by atoms with Gasteiger partial charge in [-0.15, -0.1) is 0 Å². The highest BCUT2D eigenvalue weighted by atomic mass is 35.5. The molecule has 1 saturated carbocycles. The minimum absolute atomic E-state index is 0.183. The minimum Gasteiger partial charge on any atom is -0.353 e. The molecule has 0 amide bonds. The van der Waals surface area contributed by atoms with Crippen LogP contribution in [0.2, 0.25) is 10.3 Å². The van der Waals surface area contributed by atoms with Crippen LogP contribution in [0.4, 0.5) is 5.82 Å². The summed E-state index contributed by atoms with van der Waals surface area (Å²) in [5, 5.41) is 1.64. The fourth-order valence-electron chi connectivity index (χ4n) is 2.69. The lowest BCUT2D eigenvalue weighted by Crippen LogP contribution is -2.08. The molecule has 0 bridgehead atoms. The first-order valence-electron chi connectivity index (χ1n) is 7.17. The van der Waals surface area contributed by atoms with Gasteiger partial charge in [0.2, 0.25) is 5.28 Å². The van der Waals surface area contributed by atoms with Gasteiger partial charge in [-0.25, -0.2) is 9.97 Å². The van der Waals surface area contributed by atoms with Crippen molar-refractivity contribution in [2.45, 2.75) is 18.8 Å². The monoisotopic (exact) mass is 345 g/mol. The second-order valence-corrected chi connectivity index (χ2v) is 6.30. The van der Waals surface area contributed by atoms with Crippen LogP contribution in [0.15, 0.2) is 24.4 Å². The van der Waals surface area contributed by atoms with Crippen molar-refractivity contribution >= 4 is 40.1 Å². The number of aromatic nitrogens is 4. The Hall–Kier alpha value is -1.85. The normalized spacial score (nSPS) is 14.4. The SMILES string of the molecule is [CH2]N([CH2])c1cccc(-n2c(C3CC3)c(Cl)c3cnc(Cl)nc32)n1. The lowest BCUT2D eigenvalue weighted by atomic mass is 10.2. The van der Waals surface area contributed by atoms with Crippen LogP contribution in [-0.4, -0.2) is 19.5 Å². The Balaban J connectivity index is 2.03. The van der Waals surface area contributed by atoms with Gasteiger partial charge in [-0.2, -0.15) is 4.98 Å². The maximum atomic E-state index is 6.60. The lowest BCUT2D eigenvalue weighted by molar-refractivity contribution is 0.905. The molecule has 0 N–H and O–H groups in total. The molecule has 116 valence electrons. The summed E-state index contributed by atoms with van der Waals surface area (Å²) in [7, 11) is 7.55. The number of anilines is 1. The molecular formula is C16H13Cl2N5. The zero-order valence-electron chi connectivity index (χ0n) is 12.2. The summed E-state index contributed by atoms with van der Waals surface area (Å²) in [5.41, 5.74) is 1.68. The number of hydrogen-bond donors (Lipinski definition) is 0. The van der Waals surface area contributed by atoms with Crippen LogP contribution in [0, 0.1) is 14.1 Å². The molecule has 1 fully saturated rings. The number of nitrogens with zero attached hydrogens (tertiary/aromatic N) is 5. The summed E-state index contributed by atoms with van der Waals surface area (Å²) in [6, 6.07) is 5.65. The van der Waals surface area contributed by atoms with Crippen molar-refractivity contribution in [3.05, 3.63) is 54.5 Å². The van der Waals surface area contributed by atoms with Crippen LogP contribution in [0.1, 0.15) is 24.5 Å². The van der Waals surface area contributed by atoms with Gasteiger partial charge in [-0.1, -0.05) is 17.7 Å². The van der Waals surface area contributed by atoms with Gasteiger partial charge < -0.3 is 4.90 Å². The molecule has 7 heteroatoms. The van der Waals surface area contributed by atoms with E-state index in [4.69, 9.17) is 23.2 Å². The number of pyridine rings is 1. The van der Waals surface area contributed by atoms with E-state index >= 15 is 0 Å². The van der Waals surface area contributed by atoms with Gasteiger partial charge in [0, 0.05) is 31.9 Å². The molecule has 1 aliphatic carbocycles. The van der Waals surface area contributed by atoms with Crippen molar-refractivity contribution in [2.24, 2.45) is 0 Å². The van der Waals surface area contributed by atoms with Gasteiger partial charge >= 0.3 is 0 Å². The Morgan fingerprint density at radius 3 is 2.65 bits per heavy atom. The molecule has 0 spiro atoms. The van der Waals surface area contributed by atoms with E-state index in [1.807, 2.05) is 22.8 Å². The predicted octanol–water partition coefficient (Wildman–Crippen LogP) is 4.39. The van der Waals surface area contributed by atoms with Crippen molar-refractivity contribution in [1.29, 1.82) is 0 Å². The van der Waals surface area contributed by atoms with Crippen molar-refractivity contribution < 1.29 is 0 Å². The maximum absolute atomic E-state index is 6.60. The highest BCUT2D eigenvalue weighted by Crippen LogP contribution is 2.47. The number of hydrogen-bond acceptors (Lipinski definition) is 4. The highest BCUT2D eigenvalue weighted by molar-refractivity contribution is 6.36. The van der Waals surface area contributed by atoms with Crippen LogP contribution in [0.25, 0.3) is 16.9 Å². The molecular weight excluding hydrogens is 333 g/mol. The summed E-state index contributed by atoms with van der Waals surface area (Å²) >= 11 is 12.6. The van der Waals surface area contributed by atoms with Gasteiger partial charge in [0.05, 0.1) is 10.4 Å². The van der Waals surface area contributed by atoms with Crippen LogP contribution >= 0.6 is 23.2 Å². The van der Waals surface area contributed by atoms with Crippen LogP contribution in [-0.2, 0) is 0 Å². The third kappa shape index (κ3) is 2.44. The van der Waals surface area contributed by atoms with E-state index in [0.29, 0.717) is 28.2 Å². The smallest absolute Gasteiger partial charge is 0.224 e. The molecule has 2 radical (unpaired) electrons. The summed E-state index contributed by atoms with van der Waals surface area (Å²) in [6.45, 7) is 0. The van der Waals surface area contributed by atoms with Crippen LogP contribution < -0.4 is 4.90 Å². The molecule has 23 heavy (non-hydrogen) atoms. The molecule has 0 aliphatic heterocycles. The van der Waals surface area contributed by atoms with E-state index in [2.05, 4.69) is 29.0 Å². The lowest BCUT2D eigenvalue weighted by Gasteiger charge is -2.14. The average molecular weight is 346 g/mol. The fourth-order valence-corrected chi connectivity index (χ4v) is 3.19. The van der Waals surface area contributed by atoms with Gasteiger partial charge in [-0.3, -0.25) is 4.57 Å². The van der Waals surface area contributed by atoms with Gasteiger partial charge in [0.25, 0.3) is 0 Å². The standard InChI is InChI=1S/C16H13Cl2N5/c1-22(2)11-4-3-5-12(20-11)23-14(9-6-7-9)13(17)10-8-19-16(18)21-15(10)23/h3-5,8-9H,1-2,6-7H2. The van der Waals surface area contributed by atoms with Gasteiger partial charge in [0.15, 0.2) is 5.65 Å². The Bertz CT molecular complexity index is 899. The van der Waals surface area contributed by atoms with Crippen molar-refractivity contribution in [3.8, 4) is 5.82 Å². The molecule has 0 saturated heterocycles. The predicted molar refractivity (Wildman–Crippen MR) is 91.8 cm³/mol. The number of rotatable bonds is 3. The van der Waals surface area contributed by atoms with Crippen LogP contribution in [0.3, 0.4) is 0 Å². The second-order valence-electron chi connectivity index (χ2n) is 5.58. The molecule has 3 heterocycles. The molecule has 3 aromatic heterocycles. The quantitative estimate of drug-likeness (QED) is 0.660. The van der Waals surface area contributed by atoms with Gasteiger partial charge in [0.1, 0.15) is 11.6 Å². The first-order chi connectivity index (χ1) is 11.1. The number of halogens is 2. The third-order valence-corrected chi connectivity index (χ3v) is 4.47. The van der Waals surface area contributed by atoms with Crippen molar-refractivity contribution in [1.82, 2.24) is 19.5 Å². The second kappa shape index (κ2) is 5.35. The molecule has 0 unspecified atom stereocenters. The first-order valence-corrected chi connectivity index (χ1v) is 7.92. The topological polar surface area (TPSA) is 46.8 Å². The van der Waals surface area contributed by atoms with E-state index in [1.165, 1.54) is 4.90 Å². The Labute approximate surface area is 143 Å². The van der Waals surface area contributed by atoms with E-state index in [-0.39, 0.29) is 5.28 Å². The van der Waals surface area contributed by atoms with E-state index in [9.17, 15) is 0 Å². The Kier molecular flexibility index (Phi) is 3.43. The van der Waals surface area contributed by atoms with Crippen LogP contribution in [0.5, 0.6) is 0 Å². The third-order valence-electron chi connectivity index (χ3n) is 3.89. The summed E-state index contributed by atoms with van der Waals surface area (Å²) < 4.78 is 1.97. The summed E-state index contributed by atoms with van der Waals surface area (Å²) in [6.07, 6.45) is 3.87. The molecule has 5 nitrogen and oxygen atoms in total. The van der Waals surface area contributed by atoms with Gasteiger partial charge in [-0.05, 0) is 36.6 Å². The molecule has 0 atom stereocenters. The Morgan fingerprint density at radius 1 is 1.17 bits per heavy atom. The molecule has 3 aromatic rings. The number of fused-ring (bicyclic) bond motifs is 1. The molecule has 4 rings (SSSR count). The first kappa shape index (κ1) is 14.7. The molecule has 1 aliphatic rings. The van der Waals surface area contributed by atoms with E-state index in [1.54, 1.807) is 6.20 Å². The zero-order chi connectivity index (χ0) is 16.1. The average Bonchev–Trinajstić information content (AvgIpc) is 3.32. The summed E-state index contributed by atoms with van der Waals surface area (Å²) in [5.74, 6) is 1.78. The largest absolute Gasteiger partial charge is 0.353 e. The van der Waals surface area contributed by atoms with Crippen molar-refractivity contribution in [2.75, 3.05) is 4.90 Å². The minimum atomic E-state index is 0.183. The van der Waals surface area contributed by atoms with E-state index in [0.717, 1.165) is 23.9 Å². The Morgan fingerprint density at radius 2 is 1.96 bits per heavy atom. The fraction of sp³-hybridized carbons (Fsp3) is 0.188.